The van der Waals surface area contributed by atoms with Crippen LogP contribution in [-0.4, -0.2) is 9.38 Å². The number of nitrogens with zero attached hydrogens (tertiary/aromatic N) is 3. The molecule has 0 N–H and O–H groups in total. The standard InChI is InChI=1S/C8H3ClIN3/c1-11-7-4-12-8-5(10)2-3-6(9)13(7)8/h2-4H. The van der Waals surface area contributed by atoms with Gasteiger partial charge in [-0.1, -0.05) is 6.57 Å². The SMILES string of the molecule is [C-]#[N+]c1cnc2c(I)ccc(Cl)n12. The van der Waals surface area contributed by atoms with Crippen LogP contribution in [0.15, 0.2) is 18.3 Å². The summed E-state index contributed by atoms with van der Waals surface area (Å²) in [6.45, 7) is 6.91. The Morgan fingerprint density at radius 1 is 1.54 bits per heavy atom. The van der Waals surface area contributed by atoms with Crippen molar-refractivity contribution in [3.63, 3.8) is 0 Å². The number of rotatable bonds is 0. The zero-order valence-corrected chi connectivity index (χ0v) is 9.24. The summed E-state index contributed by atoms with van der Waals surface area (Å²) in [4.78, 5) is 7.43. The third kappa shape index (κ3) is 1.28. The van der Waals surface area contributed by atoms with Crippen molar-refractivity contribution in [1.29, 1.82) is 0 Å². The van der Waals surface area contributed by atoms with E-state index in [0.29, 0.717) is 11.0 Å². The molecule has 2 rings (SSSR count). The van der Waals surface area contributed by atoms with E-state index >= 15 is 0 Å². The highest BCUT2D eigenvalue weighted by Gasteiger charge is 2.11. The van der Waals surface area contributed by atoms with Gasteiger partial charge < -0.3 is 4.85 Å². The van der Waals surface area contributed by atoms with E-state index in [9.17, 15) is 0 Å². The summed E-state index contributed by atoms with van der Waals surface area (Å²) in [6.07, 6.45) is 1.52. The molecule has 0 aromatic carbocycles. The lowest BCUT2D eigenvalue weighted by Gasteiger charge is -1.96. The average Bonchev–Trinajstić information content (AvgIpc) is 2.56. The molecule has 0 saturated heterocycles. The lowest BCUT2D eigenvalue weighted by molar-refractivity contribution is 1.19. The molecule has 13 heavy (non-hydrogen) atoms. The predicted octanol–water partition coefficient (Wildman–Crippen LogP) is 3.14. The number of hydrogen-bond donors (Lipinski definition) is 0. The third-order valence-electron chi connectivity index (χ3n) is 1.65. The molecule has 0 aliphatic rings. The van der Waals surface area contributed by atoms with Crippen LogP contribution >= 0.6 is 34.2 Å². The normalized spacial score (nSPS) is 10.2. The molecule has 64 valence electrons. The van der Waals surface area contributed by atoms with E-state index in [-0.39, 0.29) is 0 Å². The first-order chi connectivity index (χ1) is 6.24. The van der Waals surface area contributed by atoms with E-state index in [4.69, 9.17) is 18.2 Å². The molecule has 0 unspecified atom stereocenters. The lowest BCUT2D eigenvalue weighted by Crippen LogP contribution is -1.88. The molecule has 2 aromatic rings. The van der Waals surface area contributed by atoms with Crippen molar-refractivity contribution in [2.75, 3.05) is 0 Å². The number of pyridine rings is 1. The minimum atomic E-state index is 0.443. The summed E-state index contributed by atoms with van der Waals surface area (Å²) in [5.74, 6) is 0.443. The molecule has 2 aromatic heterocycles. The van der Waals surface area contributed by atoms with Crippen molar-refractivity contribution in [3.8, 4) is 0 Å². The van der Waals surface area contributed by atoms with Gasteiger partial charge in [0.1, 0.15) is 0 Å². The second kappa shape index (κ2) is 3.16. The van der Waals surface area contributed by atoms with Crippen LogP contribution in [0, 0.1) is 10.1 Å². The number of aromatic nitrogens is 2. The van der Waals surface area contributed by atoms with Crippen LogP contribution in [0.4, 0.5) is 5.82 Å². The zero-order valence-electron chi connectivity index (χ0n) is 6.33. The van der Waals surface area contributed by atoms with Gasteiger partial charge in [-0.3, -0.25) is 0 Å². The molecular formula is C8H3ClIN3. The smallest absolute Gasteiger partial charge is 0.255 e. The lowest BCUT2D eigenvalue weighted by atomic mass is 10.5. The van der Waals surface area contributed by atoms with E-state index in [1.54, 1.807) is 10.5 Å². The Bertz CT molecular complexity index is 512. The number of fused-ring (bicyclic) bond motifs is 1. The molecule has 0 aliphatic carbocycles. The molecule has 5 heteroatoms. The summed E-state index contributed by atoms with van der Waals surface area (Å²) in [6, 6.07) is 3.63. The van der Waals surface area contributed by atoms with E-state index in [0.717, 1.165) is 9.22 Å². The van der Waals surface area contributed by atoms with Gasteiger partial charge in [-0.15, -0.1) is 0 Å². The maximum absolute atomic E-state index is 6.91. The Hall–Kier alpha value is -0.800. The molecule has 2 heterocycles. The molecule has 0 saturated carbocycles. The van der Waals surface area contributed by atoms with Gasteiger partial charge in [0.2, 0.25) is 5.65 Å². The van der Waals surface area contributed by atoms with Crippen molar-refractivity contribution in [3.05, 3.63) is 38.5 Å². The summed E-state index contributed by atoms with van der Waals surface area (Å²) in [7, 11) is 0. The highest BCUT2D eigenvalue weighted by molar-refractivity contribution is 14.1. The van der Waals surface area contributed by atoms with Gasteiger partial charge in [0.05, 0.1) is 9.77 Å². The molecule has 0 bridgehead atoms. The fraction of sp³-hybridized carbons (Fsp3) is 0. The fourth-order valence-corrected chi connectivity index (χ4v) is 1.88. The Labute approximate surface area is 93.3 Å². The molecule has 3 nitrogen and oxygen atoms in total. The molecular weight excluding hydrogens is 300 g/mol. The number of hydrogen-bond acceptors (Lipinski definition) is 1. The van der Waals surface area contributed by atoms with E-state index in [1.165, 1.54) is 6.20 Å². The maximum Gasteiger partial charge on any atom is 0.255 e. The summed E-state index contributed by atoms with van der Waals surface area (Å²) >= 11 is 8.09. The molecule has 0 radical (unpaired) electrons. The second-order valence-corrected chi connectivity index (χ2v) is 3.94. The van der Waals surface area contributed by atoms with Crippen molar-refractivity contribution in [2.45, 2.75) is 0 Å². The highest BCUT2D eigenvalue weighted by atomic mass is 127. The quantitative estimate of drug-likeness (QED) is 0.416. The van der Waals surface area contributed by atoms with Crippen molar-refractivity contribution < 1.29 is 0 Å². The third-order valence-corrected chi connectivity index (χ3v) is 2.79. The average molecular weight is 303 g/mol. The second-order valence-electron chi connectivity index (χ2n) is 2.39. The van der Waals surface area contributed by atoms with E-state index < -0.39 is 0 Å². The van der Waals surface area contributed by atoms with Crippen molar-refractivity contribution in [1.82, 2.24) is 9.38 Å². The molecule has 0 spiro atoms. The minimum absolute atomic E-state index is 0.443. The number of imidazole rings is 1. The monoisotopic (exact) mass is 303 g/mol. The summed E-state index contributed by atoms with van der Waals surface area (Å²) < 4.78 is 2.62. The van der Waals surface area contributed by atoms with Crippen LogP contribution in [0.5, 0.6) is 0 Å². The topological polar surface area (TPSA) is 21.7 Å². The van der Waals surface area contributed by atoms with Gasteiger partial charge in [-0.25, -0.2) is 9.38 Å². The Morgan fingerprint density at radius 3 is 3.00 bits per heavy atom. The van der Waals surface area contributed by atoms with Crippen LogP contribution < -0.4 is 0 Å². The molecule has 0 fully saturated rings. The van der Waals surface area contributed by atoms with Crippen molar-refractivity contribution >= 4 is 45.7 Å². The Balaban J connectivity index is 2.98. The van der Waals surface area contributed by atoms with Crippen LogP contribution in [0.25, 0.3) is 10.5 Å². The Morgan fingerprint density at radius 2 is 2.31 bits per heavy atom. The summed E-state index contributed by atoms with van der Waals surface area (Å²) in [5.41, 5.74) is 0.735. The van der Waals surface area contributed by atoms with Crippen LogP contribution in [0.3, 0.4) is 0 Å². The molecule has 0 aliphatic heterocycles. The number of halogens is 2. The molecule has 0 atom stereocenters. The summed E-state index contributed by atoms with van der Waals surface area (Å²) in [5, 5.41) is 0.513. The molecule has 0 amide bonds. The van der Waals surface area contributed by atoms with Crippen molar-refractivity contribution in [2.24, 2.45) is 0 Å². The largest absolute Gasteiger partial charge is 0.362 e. The van der Waals surface area contributed by atoms with Crippen LogP contribution in [0.2, 0.25) is 5.15 Å². The minimum Gasteiger partial charge on any atom is -0.362 e. The van der Waals surface area contributed by atoms with Crippen LogP contribution in [0.1, 0.15) is 0 Å². The first-order valence-electron chi connectivity index (χ1n) is 3.43. The van der Waals surface area contributed by atoms with E-state index in [1.807, 2.05) is 6.07 Å². The van der Waals surface area contributed by atoms with Crippen LogP contribution in [-0.2, 0) is 0 Å². The highest BCUT2D eigenvalue weighted by Crippen LogP contribution is 2.24. The zero-order chi connectivity index (χ0) is 9.42. The van der Waals surface area contributed by atoms with Gasteiger partial charge in [0, 0.05) is 0 Å². The first kappa shape index (κ1) is 8.78. The van der Waals surface area contributed by atoms with Gasteiger partial charge in [-0.05, 0) is 46.3 Å². The van der Waals surface area contributed by atoms with E-state index in [2.05, 4.69) is 32.4 Å². The van der Waals surface area contributed by atoms with Gasteiger partial charge in [0.25, 0.3) is 5.82 Å². The Kier molecular flexibility index (Phi) is 2.14. The predicted molar refractivity (Wildman–Crippen MR) is 59.2 cm³/mol. The maximum atomic E-state index is 6.91. The van der Waals surface area contributed by atoms with Gasteiger partial charge >= 0.3 is 0 Å². The van der Waals surface area contributed by atoms with Gasteiger partial charge in [-0.2, -0.15) is 0 Å². The fourth-order valence-electron chi connectivity index (χ4n) is 1.09. The van der Waals surface area contributed by atoms with Gasteiger partial charge in [0.15, 0.2) is 5.15 Å². The first-order valence-corrected chi connectivity index (χ1v) is 4.88.